The van der Waals surface area contributed by atoms with Gasteiger partial charge in [0.15, 0.2) is 0 Å². The van der Waals surface area contributed by atoms with Gasteiger partial charge in [-0.1, -0.05) is 0 Å². The van der Waals surface area contributed by atoms with Crippen molar-refractivity contribution in [1.29, 1.82) is 5.41 Å². The number of carbonyl (C=O) groups excluding carboxylic acids is 2. The Morgan fingerprint density at radius 1 is 1.38 bits per heavy atom. The lowest BCUT2D eigenvalue weighted by atomic mass is 9.92. The normalized spacial score (nSPS) is 22.0. The van der Waals surface area contributed by atoms with Crippen LogP contribution in [0.5, 0.6) is 5.75 Å². The summed E-state index contributed by atoms with van der Waals surface area (Å²) in [6.45, 7) is 3.43. The van der Waals surface area contributed by atoms with Crippen LogP contribution >= 0.6 is 0 Å². The zero-order valence-corrected chi connectivity index (χ0v) is 14.7. The number of amides is 1. The number of pyridine rings is 1. The highest BCUT2D eigenvalue weighted by Crippen LogP contribution is 2.38. The Morgan fingerprint density at radius 2 is 2.23 bits per heavy atom. The SMILES string of the molecule is CC1CCCN1C(=O)c1cc2c([nH]1)[C@@H](c1ccn(C=O)c(=N)c1)CCO2. The average Bonchev–Trinajstić information content (AvgIpc) is 3.26. The summed E-state index contributed by atoms with van der Waals surface area (Å²) < 4.78 is 6.98. The largest absolute Gasteiger partial charge is 0.492 e. The smallest absolute Gasteiger partial charge is 0.270 e. The number of nitrogens with one attached hydrogen (secondary N) is 2. The maximum atomic E-state index is 12.8. The molecule has 2 aromatic heterocycles. The van der Waals surface area contributed by atoms with Gasteiger partial charge in [-0.05, 0) is 43.9 Å². The number of rotatable bonds is 3. The number of fused-ring (bicyclic) bond motifs is 1. The number of nitrogens with zero attached hydrogens (tertiary/aromatic N) is 2. The Bertz CT molecular complexity index is 914. The lowest BCUT2D eigenvalue weighted by molar-refractivity contribution is 0.0742. The lowest BCUT2D eigenvalue weighted by Gasteiger charge is -2.23. The molecule has 0 aliphatic carbocycles. The summed E-state index contributed by atoms with van der Waals surface area (Å²) >= 11 is 0. The highest BCUT2D eigenvalue weighted by molar-refractivity contribution is 5.93. The molecule has 0 bridgehead atoms. The third-order valence-electron chi connectivity index (χ3n) is 5.39. The molecule has 0 aromatic carbocycles. The molecule has 1 amide bonds. The minimum absolute atomic E-state index is 0.0137. The van der Waals surface area contributed by atoms with E-state index >= 15 is 0 Å². The fourth-order valence-corrected chi connectivity index (χ4v) is 3.94. The summed E-state index contributed by atoms with van der Waals surface area (Å²) in [4.78, 5) is 28.9. The van der Waals surface area contributed by atoms with Gasteiger partial charge >= 0.3 is 0 Å². The number of likely N-dealkylation sites (tertiary alicyclic amines) is 1. The molecule has 1 fully saturated rings. The Morgan fingerprint density at radius 3 is 2.92 bits per heavy atom. The van der Waals surface area contributed by atoms with E-state index in [1.165, 1.54) is 4.57 Å². The lowest BCUT2D eigenvalue weighted by Crippen LogP contribution is -2.33. The number of aromatic amines is 1. The molecule has 7 heteroatoms. The minimum Gasteiger partial charge on any atom is -0.492 e. The van der Waals surface area contributed by atoms with Crippen LogP contribution in [-0.4, -0.2) is 46.0 Å². The summed E-state index contributed by atoms with van der Waals surface area (Å²) in [7, 11) is 0. The molecule has 0 saturated carbocycles. The molecule has 2 aromatic rings. The van der Waals surface area contributed by atoms with E-state index in [2.05, 4.69) is 11.9 Å². The van der Waals surface area contributed by atoms with E-state index in [0.29, 0.717) is 24.5 Å². The fourth-order valence-electron chi connectivity index (χ4n) is 3.94. The van der Waals surface area contributed by atoms with Gasteiger partial charge in [-0.2, -0.15) is 0 Å². The van der Waals surface area contributed by atoms with Crippen LogP contribution in [0.25, 0.3) is 0 Å². The second-order valence-electron chi connectivity index (χ2n) is 7.00. The maximum absolute atomic E-state index is 12.8. The van der Waals surface area contributed by atoms with E-state index in [1.54, 1.807) is 18.3 Å². The Hall–Kier alpha value is -2.83. The molecule has 136 valence electrons. The van der Waals surface area contributed by atoms with Crippen molar-refractivity contribution in [3.63, 3.8) is 0 Å². The molecule has 1 unspecified atom stereocenters. The van der Waals surface area contributed by atoms with Crippen molar-refractivity contribution in [3.05, 3.63) is 46.8 Å². The van der Waals surface area contributed by atoms with E-state index in [0.717, 1.165) is 37.1 Å². The summed E-state index contributed by atoms with van der Waals surface area (Å²) in [5.74, 6) is 0.733. The molecule has 4 heterocycles. The van der Waals surface area contributed by atoms with Crippen LogP contribution in [0.2, 0.25) is 0 Å². The molecular formula is C19H22N4O3. The van der Waals surface area contributed by atoms with Crippen molar-refractivity contribution in [3.8, 4) is 5.75 Å². The molecule has 4 rings (SSSR count). The monoisotopic (exact) mass is 354 g/mol. The van der Waals surface area contributed by atoms with Crippen LogP contribution < -0.4 is 10.2 Å². The first-order valence-electron chi connectivity index (χ1n) is 8.97. The van der Waals surface area contributed by atoms with Crippen LogP contribution in [0, 0.1) is 5.41 Å². The molecule has 0 spiro atoms. The number of H-pyrrole nitrogens is 1. The zero-order chi connectivity index (χ0) is 18.3. The van der Waals surface area contributed by atoms with E-state index in [9.17, 15) is 9.59 Å². The number of hydrogen-bond acceptors (Lipinski definition) is 4. The molecule has 2 aliphatic rings. The van der Waals surface area contributed by atoms with Crippen LogP contribution in [0.4, 0.5) is 0 Å². The molecule has 0 radical (unpaired) electrons. The van der Waals surface area contributed by atoms with Gasteiger partial charge in [0.1, 0.15) is 16.9 Å². The molecule has 26 heavy (non-hydrogen) atoms. The minimum atomic E-state index is 0.0137. The van der Waals surface area contributed by atoms with E-state index < -0.39 is 0 Å². The van der Waals surface area contributed by atoms with Gasteiger partial charge in [-0.3, -0.25) is 19.6 Å². The topological polar surface area (TPSA) is 91.2 Å². The molecule has 2 aliphatic heterocycles. The molecule has 2 atom stereocenters. The second-order valence-corrected chi connectivity index (χ2v) is 7.00. The average molecular weight is 354 g/mol. The first-order chi connectivity index (χ1) is 12.6. The van der Waals surface area contributed by atoms with E-state index in [1.807, 2.05) is 11.0 Å². The van der Waals surface area contributed by atoms with Gasteiger partial charge in [0.2, 0.25) is 6.41 Å². The van der Waals surface area contributed by atoms with Gasteiger partial charge in [-0.15, -0.1) is 0 Å². The summed E-state index contributed by atoms with van der Waals surface area (Å²) in [5, 5.41) is 7.95. The third kappa shape index (κ3) is 2.73. The molecule has 7 nitrogen and oxygen atoms in total. The number of ether oxygens (including phenoxy) is 1. The number of aromatic nitrogens is 2. The van der Waals surface area contributed by atoms with Crippen molar-refractivity contribution in [2.45, 2.75) is 38.1 Å². The summed E-state index contributed by atoms with van der Waals surface area (Å²) in [6, 6.07) is 5.60. The second kappa shape index (κ2) is 6.48. The predicted molar refractivity (Wildman–Crippen MR) is 94.9 cm³/mol. The van der Waals surface area contributed by atoms with Gasteiger partial charge in [0, 0.05) is 30.8 Å². The predicted octanol–water partition coefficient (Wildman–Crippen LogP) is 1.87. The Kier molecular flexibility index (Phi) is 4.14. The van der Waals surface area contributed by atoms with Gasteiger partial charge < -0.3 is 14.6 Å². The van der Waals surface area contributed by atoms with Crippen molar-refractivity contribution >= 4 is 12.3 Å². The van der Waals surface area contributed by atoms with E-state index in [-0.39, 0.29) is 23.4 Å². The van der Waals surface area contributed by atoms with Crippen molar-refractivity contribution in [2.75, 3.05) is 13.2 Å². The van der Waals surface area contributed by atoms with E-state index in [4.69, 9.17) is 10.1 Å². The first kappa shape index (κ1) is 16.6. The van der Waals surface area contributed by atoms with Crippen LogP contribution in [-0.2, 0) is 4.79 Å². The Labute approximate surface area is 151 Å². The first-order valence-corrected chi connectivity index (χ1v) is 8.97. The van der Waals surface area contributed by atoms with Gasteiger partial charge in [0.05, 0.1) is 12.3 Å². The molecule has 2 N–H and O–H groups in total. The highest BCUT2D eigenvalue weighted by atomic mass is 16.5. The van der Waals surface area contributed by atoms with Crippen LogP contribution in [0.3, 0.4) is 0 Å². The standard InChI is InChI=1S/C19H22N4O3/c1-12-3-2-6-23(12)19(25)15-10-16-18(21-15)14(5-8-26-16)13-4-7-22(11-24)17(20)9-13/h4,7,9-12,14,20-21H,2-3,5-6,8H2,1H3/t12?,14-/m1/s1. The fraction of sp³-hybridized carbons (Fsp3) is 0.421. The maximum Gasteiger partial charge on any atom is 0.270 e. The van der Waals surface area contributed by atoms with Crippen molar-refractivity contribution in [1.82, 2.24) is 14.5 Å². The summed E-state index contributed by atoms with van der Waals surface area (Å²) in [5.41, 5.74) is 2.50. The van der Waals surface area contributed by atoms with Crippen molar-refractivity contribution in [2.24, 2.45) is 0 Å². The third-order valence-corrected chi connectivity index (χ3v) is 5.39. The Balaban J connectivity index is 1.67. The summed E-state index contributed by atoms with van der Waals surface area (Å²) in [6.07, 6.45) is 5.05. The highest BCUT2D eigenvalue weighted by Gasteiger charge is 2.31. The van der Waals surface area contributed by atoms with Crippen LogP contribution in [0.1, 0.15) is 53.8 Å². The van der Waals surface area contributed by atoms with Gasteiger partial charge in [0.25, 0.3) is 5.91 Å². The quantitative estimate of drug-likeness (QED) is 0.825. The number of hydrogen-bond donors (Lipinski definition) is 2. The molecular weight excluding hydrogens is 332 g/mol. The van der Waals surface area contributed by atoms with Crippen LogP contribution in [0.15, 0.2) is 24.4 Å². The number of carbonyl (C=O) groups is 2. The van der Waals surface area contributed by atoms with Crippen molar-refractivity contribution < 1.29 is 14.3 Å². The zero-order valence-electron chi connectivity index (χ0n) is 14.7. The van der Waals surface area contributed by atoms with Gasteiger partial charge in [-0.25, -0.2) is 0 Å². The molecule has 1 saturated heterocycles.